The molecule has 31 heavy (non-hydrogen) atoms. The molecule has 0 radical (unpaired) electrons. The molecule has 0 fully saturated rings. The van der Waals surface area contributed by atoms with Gasteiger partial charge in [-0.3, -0.25) is 19.2 Å². The molecule has 0 aliphatic rings. The highest BCUT2D eigenvalue weighted by Crippen LogP contribution is 2.06. The van der Waals surface area contributed by atoms with Crippen LogP contribution in [0.1, 0.15) is 22.8 Å². The zero-order chi connectivity index (χ0) is 23.2. The van der Waals surface area contributed by atoms with Gasteiger partial charge in [0.25, 0.3) is 5.91 Å². The highest BCUT2D eigenvalue weighted by molar-refractivity contribution is 9.10. The predicted octanol–water partition coefficient (Wildman–Crippen LogP) is 2.96. The fourth-order valence-electron chi connectivity index (χ4n) is 2.30. The third-order valence-corrected chi connectivity index (χ3v) is 5.22. The molecule has 0 aliphatic carbocycles. The number of aliphatic carboxylic acids is 1. The summed E-state index contributed by atoms with van der Waals surface area (Å²) in [5, 5.41) is 15.0. The van der Waals surface area contributed by atoms with Crippen molar-refractivity contribution in [2.45, 2.75) is 25.4 Å². The van der Waals surface area contributed by atoms with E-state index in [-0.39, 0.29) is 18.1 Å². The van der Waals surface area contributed by atoms with Gasteiger partial charge in [0.2, 0.25) is 5.91 Å². The van der Waals surface area contributed by atoms with E-state index < -0.39 is 24.0 Å². The van der Waals surface area contributed by atoms with Gasteiger partial charge in [-0.25, -0.2) is 0 Å². The molecule has 0 bridgehead atoms. The predicted molar refractivity (Wildman–Crippen MR) is 126 cm³/mol. The lowest BCUT2D eigenvalue weighted by molar-refractivity contribution is -0.141. The monoisotopic (exact) mass is 554 g/mol. The minimum Gasteiger partial charge on any atom is -0.480 e. The van der Waals surface area contributed by atoms with E-state index in [1.165, 1.54) is 6.92 Å². The van der Waals surface area contributed by atoms with Crippen molar-refractivity contribution in [3.63, 3.8) is 0 Å². The number of hydrogen-bond acceptors (Lipinski definition) is 4. The fourth-order valence-corrected chi connectivity index (χ4v) is 3.23. The van der Waals surface area contributed by atoms with Gasteiger partial charge in [-0.05, 0) is 24.6 Å². The maximum absolute atomic E-state index is 12.4. The van der Waals surface area contributed by atoms with Crippen molar-refractivity contribution in [1.29, 1.82) is 0 Å². The highest BCUT2D eigenvalue weighted by Gasteiger charge is 2.24. The number of ketones is 1. The van der Waals surface area contributed by atoms with Gasteiger partial charge >= 0.3 is 5.97 Å². The number of alkyl halides is 2. The summed E-state index contributed by atoms with van der Waals surface area (Å²) in [4.78, 5) is 45.8. The summed E-state index contributed by atoms with van der Waals surface area (Å²) in [6.07, 6.45) is 0.261. The van der Waals surface area contributed by atoms with E-state index in [4.69, 9.17) is 5.11 Å². The van der Waals surface area contributed by atoms with Gasteiger partial charge < -0.3 is 15.7 Å². The van der Waals surface area contributed by atoms with Gasteiger partial charge in [0, 0.05) is 12.0 Å². The normalized spacial score (nSPS) is 11.8. The molecule has 0 aliphatic heterocycles. The minimum absolute atomic E-state index is 0.176. The van der Waals surface area contributed by atoms with E-state index in [9.17, 15) is 19.2 Å². The summed E-state index contributed by atoms with van der Waals surface area (Å²) in [5.74, 6) is -1.89. The van der Waals surface area contributed by atoms with Gasteiger partial charge in [0.15, 0.2) is 5.78 Å². The SMILES string of the molecule is C[C@H](NC(=O)[C@H](Cc1ccccc1)NC(=O)c1ccccc1)C(=O)O.O=C(CBr)CBr. The second kappa shape index (κ2) is 14.5. The van der Waals surface area contributed by atoms with Crippen molar-refractivity contribution in [3.8, 4) is 0 Å². The van der Waals surface area contributed by atoms with Crippen molar-refractivity contribution in [2.75, 3.05) is 10.7 Å². The van der Waals surface area contributed by atoms with Crippen molar-refractivity contribution < 1.29 is 24.3 Å². The number of Topliss-reactive ketones (excluding diaryl/α,β-unsaturated/α-hetero) is 1. The fraction of sp³-hybridized carbons (Fsp3) is 0.273. The first kappa shape index (κ1) is 26.5. The van der Waals surface area contributed by atoms with Crippen LogP contribution in [-0.2, 0) is 20.8 Å². The minimum atomic E-state index is -1.14. The lowest BCUT2D eigenvalue weighted by atomic mass is 10.0. The third-order valence-electron chi connectivity index (χ3n) is 3.97. The van der Waals surface area contributed by atoms with Gasteiger partial charge in [-0.15, -0.1) is 0 Å². The van der Waals surface area contributed by atoms with Crippen LogP contribution in [-0.4, -0.2) is 51.4 Å². The Morgan fingerprint density at radius 3 is 1.84 bits per heavy atom. The summed E-state index contributed by atoms with van der Waals surface area (Å²) in [5.41, 5.74) is 1.29. The molecule has 3 N–H and O–H groups in total. The molecule has 0 saturated heterocycles. The number of carboxylic acids is 1. The quantitative estimate of drug-likeness (QED) is 0.412. The average Bonchev–Trinajstić information content (AvgIpc) is 2.79. The molecule has 2 atom stereocenters. The van der Waals surface area contributed by atoms with Crippen LogP contribution < -0.4 is 10.6 Å². The summed E-state index contributed by atoms with van der Waals surface area (Å²) in [6, 6.07) is 15.8. The Morgan fingerprint density at radius 2 is 1.39 bits per heavy atom. The molecule has 0 spiro atoms. The van der Waals surface area contributed by atoms with Crippen LogP contribution in [0.2, 0.25) is 0 Å². The Hall–Kier alpha value is -2.52. The van der Waals surface area contributed by atoms with E-state index in [1.807, 2.05) is 30.3 Å². The molecule has 2 rings (SSSR count). The standard InChI is InChI=1S/C19H20N2O4.C3H4Br2O/c1-13(19(24)25)20-18(23)16(12-14-8-4-2-5-9-14)21-17(22)15-10-6-3-7-11-15;4-1-3(6)2-5/h2-11,13,16H,12H2,1H3,(H,20,23)(H,21,22)(H,24,25);1-2H2/t13-,16-;/m0./s1. The number of carbonyl (C=O) groups is 4. The Morgan fingerprint density at radius 1 is 0.871 bits per heavy atom. The second-order valence-corrected chi connectivity index (χ2v) is 7.58. The summed E-state index contributed by atoms with van der Waals surface area (Å²) in [7, 11) is 0. The highest BCUT2D eigenvalue weighted by atomic mass is 79.9. The van der Waals surface area contributed by atoms with Crippen LogP contribution in [0.4, 0.5) is 0 Å². The topological polar surface area (TPSA) is 113 Å². The van der Waals surface area contributed by atoms with E-state index >= 15 is 0 Å². The molecule has 2 aromatic rings. The first-order chi connectivity index (χ1) is 14.8. The number of hydrogen-bond donors (Lipinski definition) is 3. The Balaban J connectivity index is 0.000000703. The van der Waals surface area contributed by atoms with Crippen molar-refractivity contribution in [2.24, 2.45) is 0 Å². The number of nitrogens with one attached hydrogen (secondary N) is 2. The van der Waals surface area contributed by atoms with E-state index in [0.29, 0.717) is 16.2 Å². The van der Waals surface area contributed by atoms with Crippen LogP contribution in [0.3, 0.4) is 0 Å². The summed E-state index contributed by atoms with van der Waals surface area (Å²) < 4.78 is 0. The lowest BCUT2D eigenvalue weighted by Gasteiger charge is -2.20. The summed E-state index contributed by atoms with van der Waals surface area (Å²) >= 11 is 5.99. The average molecular weight is 556 g/mol. The van der Waals surface area contributed by atoms with Crippen molar-refractivity contribution in [3.05, 3.63) is 71.8 Å². The number of rotatable bonds is 9. The third kappa shape index (κ3) is 10.4. The molecule has 7 nitrogen and oxygen atoms in total. The number of carboxylic acid groups (broad SMARTS) is 1. The zero-order valence-corrected chi connectivity index (χ0v) is 20.1. The number of benzene rings is 2. The van der Waals surface area contributed by atoms with Gasteiger partial charge in [0.1, 0.15) is 12.1 Å². The molecule has 166 valence electrons. The van der Waals surface area contributed by atoms with Crippen LogP contribution >= 0.6 is 31.9 Å². The number of amides is 2. The lowest BCUT2D eigenvalue weighted by Crippen LogP contribution is -2.51. The van der Waals surface area contributed by atoms with Gasteiger partial charge in [-0.2, -0.15) is 0 Å². The molecule has 9 heteroatoms. The Bertz CT molecular complexity index is 857. The largest absolute Gasteiger partial charge is 0.480 e. The van der Waals surface area contributed by atoms with Gasteiger partial charge in [0.05, 0.1) is 10.7 Å². The van der Waals surface area contributed by atoms with E-state index in [2.05, 4.69) is 42.5 Å². The van der Waals surface area contributed by atoms with Crippen LogP contribution in [0.15, 0.2) is 60.7 Å². The first-order valence-corrected chi connectivity index (χ1v) is 11.6. The Kier molecular flexibility index (Phi) is 12.4. The molecule has 0 saturated carbocycles. The van der Waals surface area contributed by atoms with E-state index in [1.54, 1.807) is 30.3 Å². The van der Waals surface area contributed by atoms with Gasteiger partial charge in [-0.1, -0.05) is 80.4 Å². The number of carbonyl (C=O) groups excluding carboxylic acids is 3. The second-order valence-electron chi connectivity index (χ2n) is 6.46. The van der Waals surface area contributed by atoms with Crippen molar-refractivity contribution >= 4 is 55.4 Å². The molecular formula is C22H24Br2N2O5. The van der Waals surface area contributed by atoms with Crippen molar-refractivity contribution in [1.82, 2.24) is 10.6 Å². The molecule has 0 heterocycles. The first-order valence-electron chi connectivity index (χ1n) is 9.35. The molecule has 0 aromatic heterocycles. The smallest absolute Gasteiger partial charge is 0.325 e. The summed E-state index contributed by atoms with van der Waals surface area (Å²) in [6.45, 7) is 1.37. The van der Waals surface area contributed by atoms with Crippen LogP contribution in [0.25, 0.3) is 0 Å². The van der Waals surface area contributed by atoms with Crippen LogP contribution in [0, 0.1) is 0 Å². The maximum Gasteiger partial charge on any atom is 0.325 e. The molecule has 0 unspecified atom stereocenters. The molecular weight excluding hydrogens is 532 g/mol. The maximum atomic E-state index is 12.4. The van der Waals surface area contributed by atoms with Crippen LogP contribution in [0.5, 0.6) is 0 Å². The Labute approximate surface area is 197 Å². The zero-order valence-electron chi connectivity index (χ0n) is 16.9. The number of halogens is 2. The van der Waals surface area contributed by atoms with E-state index in [0.717, 1.165) is 5.56 Å². The molecule has 2 aromatic carbocycles. The molecule has 2 amide bonds.